The van der Waals surface area contributed by atoms with Gasteiger partial charge in [-0.25, -0.2) is 14.5 Å². The zero-order valence-corrected chi connectivity index (χ0v) is 26.6. The molecule has 0 saturated carbocycles. The molecule has 48 heavy (non-hydrogen) atoms. The van der Waals surface area contributed by atoms with E-state index in [1.54, 1.807) is 62.5 Å². The lowest BCUT2D eigenvalue weighted by Crippen LogP contribution is -2.41. The maximum atomic E-state index is 14.9. The molecule has 2 saturated heterocycles. The maximum Gasteiger partial charge on any atom is 0.429 e. The summed E-state index contributed by atoms with van der Waals surface area (Å²) in [6, 6.07) is 13.6. The third-order valence-electron chi connectivity index (χ3n) is 9.04. The number of carboxylic acid groups (broad SMARTS) is 1. The number of hydrogen-bond acceptors (Lipinski definition) is 9. The average Bonchev–Trinajstić information content (AvgIpc) is 3.69. The van der Waals surface area contributed by atoms with Gasteiger partial charge < -0.3 is 24.8 Å². The zero-order valence-electron chi connectivity index (χ0n) is 26.6. The Morgan fingerprint density at radius 3 is 2.44 bits per heavy atom. The highest BCUT2D eigenvalue weighted by Crippen LogP contribution is 2.42. The van der Waals surface area contributed by atoms with E-state index in [1.165, 1.54) is 23.9 Å². The number of aryl methyl sites for hydroxylation is 2. The highest BCUT2D eigenvalue weighted by atomic mass is 19.4. The lowest BCUT2D eigenvalue weighted by Gasteiger charge is -2.39. The Hall–Kier alpha value is -4.98. The van der Waals surface area contributed by atoms with Gasteiger partial charge in [-0.2, -0.15) is 23.3 Å². The Labute approximate surface area is 274 Å². The molecule has 1 spiro atoms. The fourth-order valence-corrected chi connectivity index (χ4v) is 6.49. The van der Waals surface area contributed by atoms with Gasteiger partial charge in [-0.15, -0.1) is 0 Å². The van der Waals surface area contributed by atoms with Gasteiger partial charge in [0.05, 0.1) is 24.1 Å². The number of benzene rings is 2. The molecule has 2 N–H and O–H groups in total. The van der Waals surface area contributed by atoms with Gasteiger partial charge in [-0.1, -0.05) is 24.3 Å². The summed E-state index contributed by atoms with van der Waals surface area (Å²) in [5.74, 6) is -0.937. The van der Waals surface area contributed by atoms with E-state index in [0.29, 0.717) is 54.3 Å². The van der Waals surface area contributed by atoms with Crippen molar-refractivity contribution < 1.29 is 37.3 Å². The third-order valence-corrected chi connectivity index (χ3v) is 9.04. The Morgan fingerprint density at radius 2 is 1.79 bits per heavy atom. The number of ether oxygens (including phenoxy) is 2. The summed E-state index contributed by atoms with van der Waals surface area (Å²) in [6.07, 6.45) is -3.70. The van der Waals surface area contributed by atoms with Crippen LogP contribution in [0.4, 0.5) is 19.0 Å². The largest absolute Gasteiger partial charge is 0.480 e. The molecule has 0 radical (unpaired) electrons. The smallest absolute Gasteiger partial charge is 0.429 e. The summed E-state index contributed by atoms with van der Waals surface area (Å²) in [7, 11) is 1.27. The number of methoxy groups -OCH3 is 1. The molecule has 2 fully saturated rings. The molecule has 14 heteroatoms. The molecule has 0 aliphatic carbocycles. The van der Waals surface area contributed by atoms with Crippen molar-refractivity contribution in [2.24, 2.45) is 5.41 Å². The van der Waals surface area contributed by atoms with Crippen molar-refractivity contribution in [3.8, 4) is 22.7 Å². The number of esters is 1. The summed E-state index contributed by atoms with van der Waals surface area (Å²) < 4.78 is 56.6. The molecule has 2 atom stereocenters. The fraction of sp³-hybridized carbons (Fsp3) is 0.382. The number of piperidine rings is 1. The van der Waals surface area contributed by atoms with Crippen LogP contribution in [0.15, 0.2) is 60.8 Å². The summed E-state index contributed by atoms with van der Waals surface area (Å²) in [5, 5.41) is 16.9. The highest BCUT2D eigenvalue weighted by molar-refractivity contribution is 5.91. The van der Waals surface area contributed by atoms with Gasteiger partial charge in [0, 0.05) is 37.5 Å². The van der Waals surface area contributed by atoms with Crippen LogP contribution in [0.2, 0.25) is 0 Å². The Morgan fingerprint density at radius 1 is 1.04 bits per heavy atom. The van der Waals surface area contributed by atoms with Crippen LogP contribution in [0.5, 0.6) is 5.88 Å². The van der Waals surface area contributed by atoms with Crippen LogP contribution in [-0.2, 0) is 9.53 Å². The number of hydrogen-bond donors (Lipinski definition) is 2. The van der Waals surface area contributed by atoms with Crippen LogP contribution >= 0.6 is 0 Å². The summed E-state index contributed by atoms with van der Waals surface area (Å²) in [4.78, 5) is 34.3. The molecular weight excluding hydrogens is 629 g/mol. The lowest BCUT2D eigenvalue weighted by atomic mass is 9.76. The topological polar surface area (TPSA) is 132 Å². The number of carbonyl (C=O) groups is 2. The van der Waals surface area contributed by atoms with Gasteiger partial charge in [0.25, 0.3) is 0 Å². The normalized spacial score (nSPS) is 18.1. The molecule has 2 aromatic heterocycles. The van der Waals surface area contributed by atoms with Crippen molar-refractivity contribution in [1.29, 1.82) is 0 Å². The van der Waals surface area contributed by atoms with Crippen molar-refractivity contribution in [3.05, 3.63) is 83.4 Å². The van der Waals surface area contributed by atoms with E-state index >= 15 is 0 Å². The molecular formula is C34H35F3N6O5. The number of aliphatic carboxylic acids is 1. The number of aromatic nitrogens is 4. The lowest BCUT2D eigenvalue weighted by molar-refractivity contribution is -0.198. The van der Waals surface area contributed by atoms with Crippen molar-refractivity contribution in [3.63, 3.8) is 0 Å². The number of carbonyl (C=O) groups excluding carboxylic acids is 1. The van der Waals surface area contributed by atoms with Crippen LogP contribution in [0.1, 0.15) is 52.8 Å². The molecule has 11 nitrogen and oxygen atoms in total. The summed E-state index contributed by atoms with van der Waals surface area (Å²) >= 11 is 0. The number of rotatable bonds is 8. The Bertz CT molecular complexity index is 1840. The molecule has 4 aromatic rings. The molecule has 252 valence electrons. The van der Waals surface area contributed by atoms with Gasteiger partial charge in [-0.05, 0) is 73.9 Å². The van der Waals surface area contributed by atoms with E-state index in [2.05, 4.69) is 20.4 Å². The van der Waals surface area contributed by atoms with E-state index in [1.807, 2.05) is 4.90 Å². The van der Waals surface area contributed by atoms with E-state index in [-0.39, 0.29) is 28.4 Å². The van der Waals surface area contributed by atoms with Crippen LogP contribution in [0, 0.1) is 19.3 Å². The molecule has 0 amide bonds. The minimum atomic E-state index is -4.84. The maximum absolute atomic E-state index is 14.9. The van der Waals surface area contributed by atoms with Gasteiger partial charge >= 0.3 is 18.1 Å². The standard InChI is InChI=1S/C34H35F3N6O5/c1-20-9-12-43(41-20)27-16-23(22-5-4-6-24(15-22)32(46)47-3)7-8-25(27)30(34(35,36)37)48-29-17-28(39-21(2)40-29)42-13-10-33(11-14-42)18-26(31(44)45)38-19-33/h4-9,12,15-17,26,30,38H,10-11,13-14,18-19H2,1-3H3,(H,44,45)/t26-,30+/m0/s1. The number of nitrogens with zero attached hydrogens (tertiary/aromatic N) is 5. The van der Waals surface area contributed by atoms with Crippen molar-refractivity contribution in [1.82, 2.24) is 25.1 Å². The number of anilines is 1. The highest BCUT2D eigenvalue weighted by Gasteiger charge is 2.46. The first-order valence-electron chi connectivity index (χ1n) is 15.5. The van der Waals surface area contributed by atoms with Crippen molar-refractivity contribution in [2.45, 2.75) is 51.4 Å². The predicted molar refractivity (Wildman–Crippen MR) is 169 cm³/mol. The second kappa shape index (κ2) is 12.9. The average molecular weight is 665 g/mol. The summed E-state index contributed by atoms with van der Waals surface area (Å²) in [5.41, 5.74) is 1.89. The van der Waals surface area contributed by atoms with Crippen LogP contribution in [0.25, 0.3) is 16.8 Å². The van der Waals surface area contributed by atoms with Crippen molar-refractivity contribution in [2.75, 3.05) is 31.6 Å². The van der Waals surface area contributed by atoms with E-state index in [4.69, 9.17) is 9.47 Å². The van der Waals surface area contributed by atoms with Gasteiger partial charge in [0.15, 0.2) is 0 Å². The summed E-state index contributed by atoms with van der Waals surface area (Å²) in [6.45, 7) is 5.06. The minimum absolute atomic E-state index is 0.142. The first-order valence-corrected chi connectivity index (χ1v) is 15.5. The molecule has 0 unspecified atom stereocenters. The third kappa shape index (κ3) is 6.84. The first kappa shape index (κ1) is 32.9. The molecule has 6 rings (SSSR count). The first-order chi connectivity index (χ1) is 22.8. The second-order valence-corrected chi connectivity index (χ2v) is 12.4. The number of nitrogens with one attached hydrogen (secondary N) is 1. The van der Waals surface area contributed by atoms with Gasteiger partial charge in [-0.3, -0.25) is 4.79 Å². The van der Waals surface area contributed by atoms with Crippen LogP contribution < -0.4 is 15.0 Å². The number of halogens is 3. The minimum Gasteiger partial charge on any atom is -0.480 e. The zero-order chi connectivity index (χ0) is 34.2. The van der Waals surface area contributed by atoms with E-state index in [9.17, 15) is 27.9 Å². The number of carboxylic acids is 1. The molecule has 2 aliphatic heterocycles. The molecule has 4 heterocycles. The van der Waals surface area contributed by atoms with Crippen LogP contribution in [0.3, 0.4) is 0 Å². The van der Waals surface area contributed by atoms with Crippen molar-refractivity contribution >= 4 is 17.8 Å². The van der Waals surface area contributed by atoms with Gasteiger partial charge in [0.2, 0.25) is 12.0 Å². The van der Waals surface area contributed by atoms with E-state index < -0.39 is 30.3 Å². The fourth-order valence-electron chi connectivity index (χ4n) is 6.49. The van der Waals surface area contributed by atoms with Crippen LogP contribution in [-0.4, -0.2) is 75.8 Å². The SMILES string of the molecule is COC(=O)c1cccc(-c2ccc([C@@H](Oc3cc(N4CCC5(CC4)CN[C@H](C(=O)O)C5)nc(C)n3)C(F)(F)F)c(-n3ccc(C)n3)c2)c1. The van der Waals surface area contributed by atoms with E-state index in [0.717, 1.165) is 12.8 Å². The second-order valence-electron chi connectivity index (χ2n) is 12.4. The van der Waals surface area contributed by atoms with Gasteiger partial charge in [0.1, 0.15) is 17.7 Å². The predicted octanol–water partition coefficient (Wildman–Crippen LogP) is 5.45. The Kier molecular flexibility index (Phi) is 8.86. The monoisotopic (exact) mass is 664 g/mol. The molecule has 2 aliphatic rings. The molecule has 0 bridgehead atoms. The Balaban J connectivity index is 1.31. The quantitative estimate of drug-likeness (QED) is 0.235. The molecule has 2 aromatic carbocycles. The number of alkyl halides is 3.